The summed E-state index contributed by atoms with van der Waals surface area (Å²) >= 11 is 1.62. The van der Waals surface area contributed by atoms with Crippen LogP contribution < -0.4 is 0 Å². The maximum Gasteiger partial charge on any atom is 0.325 e. The van der Waals surface area contributed by atoms with Crippen molar-refractivity contribution in [2.24, 2.45) is 0 Å². The van der Waals surface area contributed by atoms with E-state index in [0.717, 1.165) is 4.90 Å². The number of ether oxygens (including phenoxy) is 1. The fraction of sp³-hybridized carbons (Fsp3) is 0.375. The van der Waals surface area contributed by atoms with E-state index in [1.807, 2.05) is 30.3 Å². The number of carbonyl (C=O) groups excluding carboxylic acids is 2. The first-order valence-corrected chi connectivity index (χ1v) is 7.88. The van der Waals surface area contributed by atoms with Crippen LogP contribution in [0.5, 0.6) is 0 Å². The number of hydrogen-bond acceptors (Lipinski definition) is 4. The van der Waals surface area contributed by atoms with Crippen LogP contribution in [0.15, 0.2) is 47.9 Å². The van der Waals surface area contributed by atoms with Gasteiger partial charge in [-0.2, -0.15) is 0 Å². The predicted molar refractivity (Wildman–Crippen MR) is 85.2 cm³/mol. The summed E-state index contributed by atoms with van der Waals surface area (Å²) in [5.41, 5.74) is 0. The van der Waals surface area contributed by atoms with Gasteiger partial charge in [-0.1, -0.05) is 24.3 Å². The number of carbonyl (C=O) groups is 2. The minimum absolute atomic E-state index is 0.0191. The quantitative estimate of drug-likeness (QED) is 0.400. The van der Waals surface area contributed by atoms with Crippen molar-refractivity contribution in [3.05, 3.63) is 43.0 Å². The van der Waals surface area contributed by atoms with Crippen LogP contribution in [0.25, 0.3) is 0 Å². The van der Waals surface area contributed by atoms with E-state index in [0.29, 0.717) is 25.3 Å². The second-order valence-electron chi connectivity index (χ2n) is 4.28. The topological polar surface area (TPSA) is 46.6 Å². The minimum atomic E-state index is -0.386. The van der Waals surface area contributed by atoms with Crippen molar-refractivity contribution < 1.29 is 14.3 Å². The summed E-state index contributed by atoms with van der Waals surface area (Å²) in [7, 11) is 0. The summed E-state index contributed by atoms with van der Waals surface area (Å²) in [4.78, 5) is 26.2. The number of hydrogen-bond donors (Lipinski definition) is 0. The lowest BCUT2D eigenvalue weighted by Crippen LogP contribution is -2.36. The van der Waals surface area contributed by atoms with Crippen LogP contribution in [0.1, 0.15) is 13.3 Å². The molecule has 5 heteroatoms. The van der Waals surface area contributed by atoms with Crippen molar-refractivity contribution in [1.29, 1.82) is 0 Å². The van der Waals surface area contributed by atoms with E-state index >= 15 is 0 Å². The molecule has 0 radical (unpaired) electrons. The molecule has 0 saturated heterocycles. The van der Waals surface area contributed by atoms with Crippen molar-refractivity contribution in [1.82, 2.24) is 4.90 Å². The molecule has 0 bridgehead atoms. The third kappa shape index (κ3) is 6.99. The van der Waals surface area contributed by atoms with E-state index in [1.54, 1.807) is 24.8 Å². The Bertz CT molecular complexity index is 462. The first-order chi connectivity index (χ1) is 10.2. The molecule has 0 N–H and O–H groups in total. The van der Waals surface area contributed by atoms with Crippen LogP contribution >= 0.6 is 11.8 Å². The van der Waals surface area contributed by atoms with E-state index in [1.165, 1.54) is 4.90 Å². The van der Waals surface area contributed by atoms with E-state index in [-0.39, 0.29) is 18.4 Å². The fourth-order valence-electron chi connectivity index (χ4n) is 1.70. The van der Waals surface area contributed by atoms with E-state index < -0.39 is 0 Å². The summed E-state index contributed by atoms with van der Waals surface area (Å²) in [5, 5.41) is 0. The molecule has 0 aromatic heterocycles. The van der Waals surface area contributed by atoms with Crippen LogP contribution in [0, 0.1) is 0 Å². The lowest BCUT2D eigenvalue weighted by molar-refractivity contribution is -0.148. The SMILES string of the molecule is C=CCN(CC(=O)OCC)C(=O)CCSc1ccccc1. The molecule has 21 heavy (non-hydrogen) atoms. The zero-order valence-corrected chi connectivity index (χ0v) is 13.1. The molecule has 0 saturated carbocycles. The molecule has 0 spiro atoms. The Hall–Kier alpha value is -1.75. The van der Waals surface area contributed by atoms with Gasteiger partial charge in [0, 0.05) is 23.6 Å². The van der Waals surface area contributed by atoms with Crippen molar-refractivity contribution >= 4 is 23.6 Å². The zero-order valence-electron chi connectivity index (χ0n) is 12.3. The number of rotatable bonds is 9. The Balaban J connectivity index is 2.41. The Kier molecular flexibility index (Phi) is 8.28. The van der Waals surface area contributed by atoms with Crippen molar-refractivity contribution in [2.45, 2.75) is 18.2 Å². The zero-order chi connectivity index (χ0) is 15.5. The molecule has 0 unspecified atom stereocenters. The minimum Gasteiger partial charge on any atom is -0.465 e. The Morgan fingerprint density at radius 1 is 1.33 bits per heavy atom. The molecular weight excluding hydrogens is 286 g/mol. The summed E-state index contributed by atoms with van der Waals surface area (Å²) in [6.07, 6.45) is 1.99. The molecule has 0 atom stereocenters. The van der Waals surface area contributed by atoms with Crippen LogP contribution in [-0.2, 0) is 14.3 Å². The smallest absolute Gasteiger partial charge is 0.325 e. The van der Waals surface area contributed by atoms with Gasteiger partial charge >= 0.3 is 5.97 Å². The highest BCUT2D eigenvalue weighted by Gasteiger charge is 2.16. The maximum absolute atomic E-state index is 12.1. The third-order valence-corrected chi connectivity index (χ3v) is 3.67. The summed E-state index contributed by atoms with van der Waals surface area (Å²) in [6.45, 7) is 6.01. The number of esters is 1. The van der Waals surface area contributed by atoms with Gasteiger partial charge < -0.3 is 9.64 Å². The van der Waals surface area contributed by atoms with Gasteiger partial charge in [0.1, 0.15) is 6.54 Å². The summed E-state index contributed by atoms with van der Waals surface area (Å²) in [5.74, 6) is 0.231. The van der Waals surface area contributed by atoms with Gasteiger partial charge in [0.25, 0.3) is 0 Å². The molecule has 0 aliphatic rings. The van der Waals surface area contributed by atoms with Gasteiger partial charge in [-0.25, -0.2) is 0 Å². The number of benzene rings is 1. The standard InChI is InChI=1S/C16H21NO3S/c1-3-11-17(13-16(19)20-4-2)15(18)10-12-21-14-8-6-5-7-9-14/h3,5-9H,1,4,10-13H2,2H3. The highest BCUT2D eigenvalue weighted by molar-refractivity contribution is 7.99. The molecule has 1 aromatic rings. The van der Waals surface area contributed by atoms with E-state index in [4.69, 9.17) is 4.74 Å². The predicted octanol–water partition coefficient (Wildman–Crippen LogP) is 2.75. The molecule has 1 aromatic carbocycles. The average molecular weight is 307 g/mol. The normalized spacial score (nSPS) is 9.95. The summed E-state index contributed by atoms with van der Waals surface area (Å²) in [6, 6.07) is 9.91. The molecule has 4 nitrogen and oxygen atoms in total. The van der Waals surface area contributed by atoms with E-state index in [2.05, 4.69) is 6.58 Å². The molecule has 114 valence electrons. The first kappa shape index (κ1) is 17.3. The Morgan fingerprint density at radius 2 is 2.05 bits per heavy atom. The van der Waals surface area contributed by atoms with Gasteiger partial charge in [-0.3, -0.25) is 9.59 Å². The monoisotopic (exact) mass is 307 g/mol. The van der Waals surface area contributed by atoms with Gasteiger partial charge in [0.2, 0.25) is 5.91 Å². The van der Waals surface area contributed by atoms with Crippen LogP contribution in [0.2, 0.25) is 0 Å². The maximum atomic E-state index is 12.1. The summed E-state index contributed by atoms with van der Waals surface area (Å²) < 4.78 is 4.87. The number of nitrogens with zero attached hydrogens (tertiary/aromatic N) is 1. The molecule has 0 aliphatic heterocycles. The van der Waals surface area contributed by atoms with Gasteiger partial charge in [-0.15, -0.1) is 18.3 Å². The molecule has 1 rings (SSSR count). The fourth-order valence-corrected chi connectivity index (χ4v) is 2.57. The Labute approximate surface area is 130 Å². The number of amides is 1. The molecule has 0 aliphatic carbocycles. The highest BCUT2D eigenvalue weighted by atomic mass is 32.2. The second kappa shape index (κ2) is 10.0. The lowest BCUT2D eigenvalue weighted by atomic mass is 10.3. The Morgan fingerprint density at radius 3 is 2.67 bits per heavy atom. The third-order valence-electron chi connectivity index (χ3n) is 2.66. The molecule has 0 heterocycles. The number of thioether (sulfide) groups is 1. The van der Waals surface area contributed by atoms with Crippen molar-refractivity contribution in [3.8, 4) is 0 Å². The van der Waals surface area contributed by atoms with Gasteiger partial charge in [0.15, 0.2) is 0 Å². The van der Waals surface area contributed by atoms with Gasteiger partial charge in [-0.05, 0) is 19.1 Å². The molecule has 0 fully saturated rings. The van der Waals surface area contributed by atoms with Crippen LogP contribution in [-0.4, -0.2) is 42.2 Å². The van der Waals surface area contributed by atoms with Crippen molar-refractivity contribution in [2.75, 3.05) is 25.4 Å². The lowest BCUT2D eigenvalue weighted by Gasteiger charge is -2.19. The average Bonchev–Trinajstić information content (AvgIpc) is 2.48. The molecule has 1 amide bonds. The van der Waals surface area contributed by atoms with E-state index in [9.17, 15) is 9.59 Å². The van der Waals surface area contributed by atoms with Crippen LogP contribution in [0.3, 0.4) is 0 Å². The first-order valence-electron chi connectivity index (χ1n) is 6.89. The molecular formula is C16H21NO3S. The highest BCUT2D eigenvalue weighted by Crippen LogP contribution is 2.18. The largest absolute Gasteiger partial charge is 0.465 e. The van der Waals surface area contributed by atoms with Gasteiger partial charge in [0.05, 0.1) is 6.61 Å². The van der Waals surface area contributed by atoms with Crippen LogP contribution in [0.4, 0.5) is 0 Å². The second-order valence-corrected chi connectivity index (χ2v) is 5.45. The van der Waals surface area contributed by atoms with Crippen molar-refractivity contribution in [3.63, 3.8) is 0 Å².